The first kappa shape index (κ1) is 17.4. The molecule has 0 fully saturated rings. The Hall–Kier alpha value is -3.67. The molecular formula is C23H20N6. The Balaban J connectivity index is 1.69. The SMILES string of the molecule is Cc1nc2ccc(Nc3ccnc4ccc5nc(C)c(C)nc5c34)cc2nc1C. The van der Waals surface area contributed by atoms with Gasteiger partial charge in [-0.15, -0.1) is 0 Å². The van der Waals surface area contributed by atoms with Crippen molar-refractivity contribution in [3.8, 4) is 0 Å². The standard InChI is InChI=1S/C23H20N6/c1-12-13(2)27-21-11-16(5-6-17(21)25-12)29-19-9-10-24-18-7-8-20-23(22(18)19)28-15(4)14(3)26-20/h5-11H,1-4H3,(H,24,29). The first-order valence-electron chi connectivity index (χ1n) is 9.54. The molecule has 1 N–H and O–H groups in total. The highest BCUT2D eigenvalue weighted by atomic mass is 14.9. The van der Waals surface area contributed by atoms with Crippen molar-refractivity contribution >= 4 is 44.3 Å². The molecule has 5 aromatic rings. The normalized spacial score (nSPS) is 11.4. The summed E-state index contributed by atoms with van der Waals surface area (Å²) in [5.41, 5.74) is 10.00. The molecular weight excluding hydrogens is 360 g/mol. The van der Waals surface area contributed by atoms with Crippen LogP contribution in [0.1, 0.15) is 22.8 Å². The zero-order valence-electron chi connectivity index (χ0n) is 16.8. The average molecular weight is 380 g/mol. The number of nitrogens with one attached hydrogen (secondary N) is 1. The van der Waals surface area contributed by atoms with Crippen molar-refractivity contribution in [2.45, 2.75) is 27.7 Å². The predicted molar refractivity (Wildman–Crippen MR) is 117 cm³/mol. The summed E-state index contributed by atoms with van der Waals surface area (Å²) in [5, 5.41) is 4.49. The maximum Gasteiger partial charge on any atom is 0.100 e. The number of hydrogen-bond acceptors (Lipinski definition) is 6. The molecule has 3 heterocycles. The molecule has 0 saturated carbocycles. The van der Waals surface area contributed by atoms with Gasteiger partial charge in [0.25, 0.3) is 0 Å². The van der Waals surface area contributed by atoms with Crippen LogP contribution in [0.5, 0.6) is 0 Å². The second kappa shape index (κ2) is 6.44. The summed E-state index contributed by atoms with van der Waals surface area (Å²) >= 11 is 0. The lowest BCUT2D eigenvalue weighted by Crippen LogP contribution is -1.98. The average Bonchev–Trinajstić information content (AvgIpc) is 2.70. The number of nitrogens with zero attached hydrogens (tertiary/aromatic N) is 5. The number of pyridine rings is 1. The second-order valence-electron chi connectivity index (χ2n) is 7.30. The largest absolute Gasteiger partial charge is 0.355 e. The predicted octanol–water partition coefficient (Wildman–Crippen LogP) is 5.10. The van der Waals surface area contributed by atoms with E-state index in [0.717, 1.165) is 67.1 Å². The molecule has 5 rings (SSSR count). The van der Waals surface area contributed by atoms with Crippen LogP contribution < -0.4 is 5.32 Å². The molecule has 0 amide bonds. The molecule has 2 aromatic carbocycles. The van der Waals surface area contributed by atoms with Gasteiger partial charge in [0.15, 0.2) is 0 Å². The number of fused-ring (bicyclic) bond motifs is 4. The van der Waals surface area contributed by atoms with E-state index in [0.29, 0.717) is 0 Å². The highest BCUT2D eigenvalue weighted by Crippen LogP contribution is 2.31. The molecule has 0 saturated heterocycles. The molecule has 0 aliphatic carbocycles. The molecule has 0 aliphatic rings. The summed E-state index contributed by atoms with van der Waals surface area (Å²) < 4.78 is 0. The zero-order valence-corrected chi connectivity index (χ0v) is 16.8. The molecule has 0 bridgehead atoms. The summed E-state index contributed by atoms with van der Waals surface area (Å²) in [7, 11) is 0. The Morgan fingerprint density at radius 1 is 0.621 bits per heavy atom. The van der Waals surface area contributed by atoms with E-state index in [1.54, 1.807) is 6.20 Å². The third-order valence-electron chi connectivity index (χ3n) is 5.30. The molecule has 142 valence electrons. The Labute approximate surface area is 168 Å². The molecule has 3 aromatic heterocycles. The van der Waals surface area contributed by atoms with Gasteiger partial charge in [0.05, 0.1) is 55.9 Å². The first-order valence-corrected chi connectivity index (χ1v) is 9.54. The molecule has 0 unspecified atom stereocenters. The monoisotopic (exact) mass is 380 g/mol. The van der Waals surface area contributed by atoms with Crippen LogP contribution in [0.25, 0.3) is 33.0 Å². The van der Waals surface area contributed by atoms with Gasteiger partial charge in [-0.05, 0) is 64.1 Å². The third kappa shape index (κ3) is 2.93. The third-order valence-corrected chi connectivity index (χ3v) is 5.30. The van der Waals surface area contributed by atoms with Crippen LogP contribution in [-0.2, 0) is 0 Å². The fourth-order valence-corrected chi connectivity index (χ4v) is 3.50. The van der Waals surface area contributed by atoms with Gasteiger partial charge < -0.3 is 5.32 Å². The van der Waals surface area contributed by atoms with Gasteiger partial charge in [-0.2, -0.15) is 0 Å². The van der Waals surface area contributed by atoms with Crippen molar-refractivity contribution in [1.29, 1.82) is 0 Å². The molecule has 0 aliphatic heterocycles. The highest BCUT2D eigenvalue weighted by Gasteiger charge is 2.11. The fraction of sp³-hybridized carbons (Fsp3) is 0.174. The summed E-state index contributed by atoms with van der Waals surface area (Å²) in [6, 6.07) is 12.0. The van der Waals surface area contributed by atoms with Crippen LogP contribution in [0.2, 0.25) is 0 Å². The summed E-state index contributed by atoms with van der Waals surface area (Å²) in [6.45, 7) is 7.92. The highest BCUT2D eigenvalue weighted by molar-refractivity contribution is 6.09. The van der Waals surface area contributed by atoms with E-state index in [1.807, 2.05) is 64.1 Å². The van der Waals surface area contributed by atoms with Crippen molar-refractivity contribution in [1.82, 2.24) is 24.9 Å². The molecule has 0 spiro atoms. The van der Waals surface area contributed by atoms with E-state index in [-0.39, 0.29) is 0 Å². The van der Waals surface area contributed by atoms with Gasteiger partial charge in [0, 0.05) is 11.9 Å². The van der Waals surface area contributed by atoms with Crippen LogP contribution in [0, 0.1) is 27.7 Å². The van der Waals surface area contributed by atoms with E-state index < -0.39 is 0 Å². The number of aromatic nitrogens is 5. The van der Waals surface area contributed by atoms with Crippen molar-refractivity contribution in [3.05, 3.63) is 65.4 Å². The van der Waals surface area contributed by atoms with Crippen molar-refractivity contribution in [2.75, 3.05) is 5.32 Å². The van der Waals surface area contributed by atoms with Crippen LogP contribution in [0.4, 0.5) is 11.4 Å². The van der Waals surface area contributed by atoms with Crippen molar-refractivity contribution in [3.63, 3.8) is 0 Å². The Bertz CT molecular complexity index is 1420. The molecule has 29 heavy (non-hydrogen) atoms. The van der Waals surface area contributed by atoms with Gasteiger partial charge in [0.1, 0.15) is 5.52 Å². The number of rotatable bonds is 2. The van der Waals surface area contributed by atoms with Gasteiger partial charge in [0.2, 0.25) is 0 Å². The Morgan fingerprint density at radius 2 is 1.24 bits per heavy atom. The second-order valence-corrected chi connectivity index (χ2v) is 7.30. The fourth-order valence-electron chi connectivity index (χ4n) is 3.50. The summed E-state index contributed by atoms with van der Waals surface area (Å²) in [6.07, 6.45) is 1.80. The van der Waals surface area contributed by atoms with Crippen molar-refractivity contribution in [2.24, 2.45) is 0 Å². The van der Waals surface area contributed by atoms with E-state index >= 15 is 0 Å². The van der Waals surface area contributed by atoms with Crippen molar-refractivity contribution < 1.29 is 0 Å². The summed E-state index contributed by atoms with van der Waals surface area (Å²) in [4.78, 5) is 23.3. The maximum atomic E-state index is 4.81. The lowest BCUT2D eigenvalue weighted by molar-refractivity contribution is 1.10. The molecule has 0 radical (unpaired) electrons. The lowest BCUT2D eigenvalue weighted by atomic mass is 10.1. The minimum Gasteiger partial charge on any atom is -0.355 e. The van der Waals surface area contributed by atoms with E-state index in [4.69, 9.17) is 9.97 Å². The summed E-state index contributed by atoms with van der Waals surface area (Å²) in [5.74, 6) is 0. The molecule has 6 nitrogen and oxygen atoms in total. The first-order chi connectivity index (χ1) is 14.0. The van der Waals surface area contributed by atoms with E-state index in [2.05, 4.69) is 20.3 Å². The lowest BCUT2D eigenvalue weighted by Gasteiger charge is -2.12. The van der Waals surface area contributed by atoms with Gasteiger partial charge in [-0.3, -0.25) is 4.98 Å². The molecule has 6 heteroatoms. The number of aryl methyl sites for hydroxylation is 4. The smallest absolute Gasteiger partial charge is 0.100 e. The van der Waals surface area contributed by atoms with Gasteiger partial charge >= 0.3 is 0 Å². The quantitative estimate of drug-likeness (QED) is 0.430. The van der Waals surface area contributed by atoms with E-state index in [9.17, 15) is 0 Å². The molecule has 0 atom stereocenters. The topological polar surface area (TPSA) is 76.5 Å². The maximum absolute atomic E-state index is 4.81. The van der Waals surface area contributed by atoms with Gasteiger partial charge in [-0.1, -0.05) is 0 Å². The Kier molecular flexibility index (Phi) is 3.87. The van der Waals surface area contributed by atoms with Gasteiger partial charge in [-0.25, -0.2) is 19.9 Å². The number of anilines is 2. The number of hydrogen-bond donors (Lipinski definition) is 1. The van der Waals surface area contributed by atoms with E-state index in [1.165, 1.54) is 0 Å². The van der Waals surface area contributed by atoms with Crippen LogP contribution in [0.15, 0.2) is 42.6 Å². The Morgan fingerprint density at radius 3 is 2.03 bits per heavy atom. The van der Waals surface area contributed by atoms with Crippen LogP contribution >= 0.6 is 0 Å². The van der Waals surface area contributed by atoms with Crippen LogP contribution in [-0.4, -0.2) is 24.9 Å². The minimum absolute atomic E-state index is 0.855. The van der Waals surface area contributed by atoms with Crippen LogP contribution in [0.3, 0.4) is 0 Å². The number of benzene rings is 2. The zero-order chi connectivity index (χ0) is 20.1. The minimum atomic E-state index is 0.855.